The van der Waals surface area contributed by atoms with Gasteiger partial charge in [-0.2, -0.15) is 0 Å². The van der Waals surface area contributed by atoms with Gasteiger partial charge in [-0.05, 0) is 103 Å². The molecule has 107 heavy (non-hydrogen) atoms. The lowest BCUT2D eigenvalue weighted by atomic mass is 10.0. The highest BCUT2D eigenvalue weighted by Gasteiger charge is 2.37. The number of aromatic carboxylic acids is 4. The fourth-order valence-corrected chi connectivity index (χ4v) is 15.0. The average Bonchev–Trinajstić information content (AvgIpc) is 0.751. The maximum absolute atomic E-state index is 14.9. The molecule has 0 saturated carbocycles. The van der Waals surface area contributed by atoms with Crippen LogP contribution >= 0.6 is 0 Å². The van der Waals surface area contributed by atoms with Crippen molar-refractivity contribution in [3.05, 3.63) is 135 Å². The molecular weight excluding hydrogens is 1420 g/mol. The smallest absolute Gasteiger partial charge is 0.341 e. The third-order valence-electron chi connectivity index (χ3n) is 20.6. The number of nitrogens with zero attached hydrogens (tertiary/aromatic N) is 8. The van der Waals surface area contributed by atoms with E-state index in [4.69, 9.17) is 18.9 Å². The number of pyridine rings is 4. The van der Waals surface area contributed by atoms with Gasteiger partial charge in [0.2, 0.25) is 21.7 Å². The molecule has 0 amide bonds. The van der Waals surface area contributed by atoms with Crippen LogP contribution < -0.4 is 60.3 Å². The molecule has 4 saturated heterocycles. The highest BCUT2D eigenvalue weighted by molar-refractivity contribution is 6.01. The molecule has 4 aromatic carbocycles. The second-order valence-electron chi connectivity index (χ2n) is 27.6. The summed E-state index contributed by atoms with van der Waals surface area (Å²) in [6.45, 7) is 12.2. The second kappa shape index (κ2) is 31.1. The number of piperidine rings is 4. The molecule has 0 radical (unpaired) electrons. The summed E-state index contributed by atoms with van der Waals surface area (Å²) in [6.07, 6.45) is 7.85. The molecular formula is C72H82F4N8O23. The summed E-state index contributed by atoms with van der Waals surface area (Å²) in [6, 6.07) is 3.65. The molecule has 16 rings (SSSR count). The van der Waals surface area contributed by atoms with Gasteiger partial charge in [-0.1, -0.05) is 0 Å². The number of benzene rings is 4. The third-order valence-corrected chi connectivity index (χ3v) is 20.6. The molecule has 31 nitrogen and oxygen atoms in total. The Balaban J connectivity index is 0.000000151. The first-order valence-electron chi connectivity index (χ1n) is 34.3. The zero-order chi connectivity index (χ0) is 74.3. The molecule has 4 fully saturated rings. The van der Waals surface area contributed by atoms with Gasteiger partial charge in [-0.15, -0.1) is 0 Å². The molecule has 12 heterocycles. The summed E-state index contributed by atoms with van der Waals surface area (Å²) >= 11 is 0. The van der Waals surface area contributed by atoms with E-state index in [1.807, 2.05) is 47.3 Å². The molecule has 8 aromatic rings. The number of carbonyl (C=O) groups is 4. The van der Waals surface area contributed by atoms with Crippen molar-refractivity contribution in [2.45, 2.75) is 128 Å². The van der Waals surface area contributed by atoms with E-state index in [9.17, 15) is 96.8 Å². The maximum atomic E-state index is 14.9. The number of hydrogen-bond acceptors (Lipinski definition) is 20. The topological polar surface area (TPSA) is 463 Å². The molecule has 0 bridgehead atoms. The monoisotopic (exact) mass is 1500 g/mol. The Hall–Kier alpha value is -10.6. The van der Waals surface area contributed by atoms with Crippen molar-refractivity contribution in [1.29, 1.82) is 0 Å². The molecule has 4 aromatic heterocycles. The van der Waals surface area contributed by atoms with Gasteiger partial charge in [-0.3, -0.25) is 19.2 Å². The average molecular weight is 1500 g/mol. The van der Waals surface area contributed by atoms with Crippen molar-refractivity contribution in [3.63, 3.8) is 0 Å². The predicted molar refractivity (Wildman–Crippen MR) is 382 cm³/mol. The Kier molecular flexibility index (Phi) is 23.0. The van der Waals surface area contributed by atoms with Gasteiger partial charge in [0, 0.05) is 77.1 Å². The van der Waals surface area contributed by atoms with Crippen LogP contribution in [0.4, 0.5) is 40.3 Å². The van der Waals surface area contributed by atoms with E-state index < -0.39 is 93.3 Å². The van der Waals surface area contributed by atoms with E-state index in [0.717, 1.165) is 24.3 Å². The molecule has 0 aliphatic carbocycles. The van der Waals surface area contributed by atoms with Crippen molar-refractivity contribution >= 4 is 90.2 Å². The highest BCUT2D eigenvalue weighted by Crippen LogP contribution is 2.47. The Bertz CT molecular complexity index is 4490. The van der Waals surface area contributed by atoms with Gasteiger partial charge in [0.1, 0.15) is 71.4 Å². The summed E-state index contributed by atoms with van der Waals surface area (Å²) in [5, 5.41) is 76.0. The highest BCUT2D eigenvalue weighted by atomic mass is 19.1. The van der Waals surface area contributed by atoms with Crippen molar-refractivity contribution in [2.24, 2.45) is 0 Å². The van der Waals surface area contributed by atoms with Crippen molar-refractivity contribution in [3.8, 4) is 23.0 Å². The molecule has 576 valence electrons. The number of hydrogen-bond donors (Lipinski definition) is 8. The van der Waals surface area contributed by atoms with Crippen molar-refractivity contribution in [2.75, 3.05) is 98.4 Å². The maximum Gasteiger partial charge on any atom is 0.341 e. The fraction of sp³-hybridized carbons (Fsp3) is 0.444. The van der Waals surface area contributed by atoms with Crippen LogP contribution in [0.2, 0.25) is 0 Å². The number of halogens is 4. The van der Waals surface area contributed by atoms with Gasteiger partial charge in [-0.25, -0.2) is 36.7 Å². The first-order chi connectivity index (χ1) is 49.5. The van der Waals surface area contributed by atoms with Crippen LogP contribution in [0.3, 0.4) is 0 Å². The first kappa shape index (κ1) is 79.0. The van der Waals surface area contributed by atoms with E-state index in [1.165, 1.54) is 24.8 Å². The number of ether oxygens (including phenoxy) is 4. The van der Waals surface area contributed by atoms with Crippen LogP contribution in [0.25, 0.3) is 43.6 Å². The standard InChI is InChI=1S/4C18H19FN2O5.3H2O/c4*1-9-8-26-17-14-11(16(23)12(18(24)25)7-21(9)14)6-13(19)15(17)20-4-2-10(22)3-5-20;;;/h4*6-7,9-10,22H,2-5,8H2,1H3,(H,24,25);3*1H2/t4*9-;;;/m0000.../s1. The quantitative estimate of drug-likeness (QED) is 0.0968. The lowest BCUT2D eigenvalue weighted by molar-refractivity contribution is 0.0683. The van der Waals surface area contributed by atoms with Gasteiger partial charge in [0.15, 0.2) is 46.3 Å². The molecule has 35 heteroatoms. The minimum atomic E-state index is -1.34. The third kappa shape index (κ3) is 14.3. The number of aromatic nitrogens is 4. The van der Waals surface area contributed by atoms with Crippen molar-refractivity contribution < 1.29 is 113 Å². The molecule has 14 N–H and O–H groups in total. The van der Waals surface area contributed by atoms with Gasteiger partial charge >= 0.3 is 23.9 Å². The van der Waals surface area contributed by atoms with E-state index >= 15 is 0 Å². The number of anilines is 4. The molecule has 0 unspecified atom stereocenters. The number of carboxylic acids is 4. The van der Waals surface area contributed by atoms with Crippen LogP contribution in [-0.4, -0.2) is 203 Å². The lowest BCUT2D eigenvalue weighted by Gasteiger charge is -2.35. The van der Waals surface area contributed by atoms with Crippen LogP contribution in [0.5, 0.6) is 23.0 Å². The Morgan fingerprint density at radius 1 is 0.336 bits per heavy atom. The predicted octanol–water partition coefficient (Wildman–Crippen LogP) is 4.54. The van der Waals surface area contributed by atoms with Crippen LogP contribution in [0.15, 0.2) is 68.2 Å². The summed E-state index contributed by atoms with van der Waals surface area (Å²) in [5.74, 6) is -6.76. The number of aliphatic hydroxyl groups is 4. The molecule has 8 aliphatic rings. The van der Waals surface area contributed by atoms with Crippen LogP contribution in [-0.2, 0) is 0 Å². The summed E-state index contributed by atoms with van der Waals surface area (Å²) in [4.78, 5) is 103. The minimum Gasteiger partial charge on any atom is -0.487 e. The van der Waals surface area contributed by atoms with E-state index in [0.29, 0.717) is 126 Å². The first-order valence-corrected chi connectivity index (χ1v) is 34.3. The Morgan fingerprint density at radius 3 is 0.664 bits per heavy atom. The second-order valence-corrected chi connectivity index (χ2v) is 27.6. The number of rotatable bonds is 8. The van der Waals surface area contributed by atoms with E-state index in [2.05, 4.69) is 0 Å². The fourth-order valence-electron chi connectivity index (χ4n) is 15.0. The molecule has 4 atom stereocenters. The van der Waals surface area contributed by atoms with Crippen LogP contribution in [0.1, 0.15) is 145 Å². The Labute approximate surface area is 603 Å². The molecule has 8 aliphatic heterocycles. The van der Waals surface area contributed by atoms with Gasteiger partial charge < -0.3 is 114 Å². The van der Waals surface area contributed by atoms with E-state index in [1.54, 1.807) is 18.3 Å². The number of carboxylic acid groups (broad SMARTS) is 4. The normalized spacial score (nSPS) is 19.7. The summed E-state index contributed by atoms with van der Waals surface area (Å²) < 4.78 is 89.7. The van der Waals surface area contributed by atoms with E-state index in [-0.39, 0.29) is 157 Å². The summed E-state index contributed by atoms with van der Waals surface area (Å²) in [5.41, 5.74) is -1.66. The lowest BCUT2D eigenvalue weighted by Crippen LogP contribution is -2.37. The largest absolute Gasteiger partial charge is 0.487 e. The van der Waals surface area contributed by atoms with Crippen molar-refractivity contribution in [1.82, 2.24) is 18.3 Å². The van der Waals surface area contributed by atoms with Gasteiger partial charge in [0.05, 0.1) is 92.2 Å². The zero-order valence-electron chi connectivity index (χ0n) is 58.4. The van der Waals surface area contributed by atoms with Gasteiger partial charge in [0.25, 0.3) is 0 Å². The van der Waals surface area contributed by atoms with Crippen LogP contribution in [0, 0.1) is 23.3 Å². The molecule has 0 spiro atoms. The SMILES string of the molecule is C[C@H]1COc2c(N3CCC(O)CC3)c(F)cc3c(=O)c(C(=O)O)cn1c23.C[C@H]1COc2c(N3CCC(O)CC3)c(F)cc3c(=O)c(C(=O)O)cn1c23.C[C@H]1COc2c(N3CCC(O)CC3)c(F)cc3c(=O)c(C(=O)O)cn1c23.C[C@H]1COc2c(N3CCC(O)CC3)c(F)cc3c(=O)c(C(=O)O)cn1c23.O.O.O. The zero-order valence-corrected chi connectivity index (χ0v) is 58.4. The minimum absolute atomic E-state index is 0. The summed E-state index contributed by atoms with van der Waals surface area (Å²) in [7, 11) is 0. The number of aliphatic hydroxyl groups excluding tert-OH is 4. The Morgan fingerprint density at radius 2 is 0.505 bits per heavy atom.